The second kappa shape index (κ2) is 4.17. The molecule has 1 aromatic rings. The van der Waals surface area contributed by atoms with Gasteiger partial charge in [-0.3, -0.25) is 0 Å². The maximum absolute atomic E-state index is 4.37. The average molecular weight is 220 g/mol. The quantitative estimate of drug-likeness (QED) is 0.813. The van der Waals surface area contributed by atoms with Gasteiger partial charge in [-0.2, -0.15) is 0 Å². The molecule has 1 saturated heterocycles. The predicted octanol–water partition coefficient (Wildman–Crippen LogP) is 1.15. The summed E-state index contributed by atoms with van der Waals surface area (Å²) in [5.41, 5.74) is 0. The van der Waals surface area contributed by atoms with E-state index >= 15 is 0 Å². The van der Waals surface area contributed by atoms with Crippen LogP contribution < -0.4 is 5.32 Å². The Morgan fingerprint density at radius 1 is 1.38 bits per heavy atom. The van der Waals surface area contributed by atoms with Crippen molar-refractivity contribution in [1.29, 1.82) is 0 Å². The Bertz CT molecular complexity index is 365. The fourth-order valence-electron chi connectivity index (χ4n) is 2.85. The van der Waals surface area contributed by atoms with Crippen LogP contribution in [-0.4, -0.2) is 27.4 Å². The lowest BCUT2D eigenvalue weighted by Gasteiger charge is -2.21. The van der Waals surface area contributed by atoms with Crippen molar-refractivity contribution in [1.82, 2.24) is 20.1 Å². The van der Waals surface area contributed by atoms with Crippen molar-refractivity contribution in [2.75, 3.05) is 6.54 Å². The molecular formula is C12H20N4. The average Bonchev–Trinajstić information content (AvgIpc) is 2.90. The fourth-order valence-corrected chi connectivity index (χ4v) is 2.85. The van der Waals surface area contributed by atoms with Crippen LogP contribution in [0.1, 0.15) is 37.8 Å². The zero-order chi connectivity index (χ0) is 11.0. The van der Waals surface area contributed by atoms with Crippen LogP contribution in [-0.2, 0) is 19.4 Å². The summed E-state index contributed by atoms with van der Waals surface area (Å²) < 4.78 is 2.36. The fraction of sp³-hybridized carbons (Fsp3) is 0.833. The first-order valence-electron chi connectivity index (χ1n) is 6.47. The third-order valence-electron chi connectivity index (χ3n) is 3.85. The minimum absolute atomic E-state index is 0.630. The number of aryl methyl sites for hydroxylation is 1. The SMILES string of the molecule is CC1CCc2nnc(CC3CCCN3)n2C1. The third kappa shape index (κ3) is 1.86. The van der Waals surface area contributed by atoms with Crippen LogP contribution in [0.25, 0.3) is 0 Å². The van der Waals surface area contributed by atoms with E-state index in [1.54, 1.807) is 0 Å². The van der Waals surface area contributed by atoms with E-state index in [-0.39, 0.29) is 0 Å². The zero-order valence-corrected chi connectivity index (χ0v) is 9.95. The lowest BCUT2D eigenvalue weighted by atomic mass is 10.0. The molecule has 2 aliphatic heterocycles. The number of fused-ring (bicyclic) bond motifs is 1. The van der Waals surface area contributed by atoms with Crippen LogP contribution in [0, 0.1) is 5.92 Å². The Labute approximate surface area is 96.4 Å². The normalized spacial score (nSPS) is 29.3. The number of rotatable bonds is 2. The summed E-state index contributed by atoms with van der Waals surface area (Å²) in [6.45, 7) is 4.60. The standard InChI is InChI=1S/C12H20N4/c1-9-4-5-11-14-15-12(16(11)8-9)7-10-3-2-6-13-10/h9-10,13H,2-8H2,1H3. The summed E-state index contributed by atoms with van der Waals surface area (Å²) in [5, 5.41) is 12.2. The molecule has 2 unspecified atom stereocenters. The summed E-state index contributed by atoms with van der Waals surface area (Å²) in [6.07, 6.45) is 6.02. The van der Waals surface area contributed by atoms with Gasteiger partial charge < -0.3 is 9.88 Å². The molecule has 0 amide bonds. The van der Waals surface area contributed by atoms with Crippen LogP contribution in [0.2, 0.25) is 0 Å². The molecule has 3 rings (SSSR count). The summed E-state index contributed by atoms with van der Waals surface area (Å²) in [5.74, 6) is 3.17. The van der Waals surface area contributed by atoms with E-state index in [1.165, 1.54) is 37.5 Å². The van der Waals surface area contributed by atoms with Crippen molar-refractivity contribution >= 4 is 0 Å². The van der Waals surface area contributed by atoms with Gasteiger partial charge in [0.15, 0.2) is 0 Å². The van der Waals surface area contributed by atoms with E-state index < -0.39 is 0 Å². The third-order valence-corrected chi connectivity index (χ3v) is 3.85. The van der Waals surface area contributed by atoms with E-state index in [0.29, 0.717) is 6.04 Å². The molecule has 88 valence electrons. The van der Waals surface area contributed by atoms with E-state index in [9.17, 15) is 0 Å². The van der Waals surface area contributed by atoms with Gasteiger partial charge in [-0.15, -0.1) is 10.2 Å². The smallest absolute Gasteiger partial charge is 0.134 e. The van der Waals surface area contributed by atoms with Crippen molar-refractivity contribution in [3.63, 3.8) is 0 Å². The maximum atomic E-state index is 4.37. The number of hydrogen-bond acceptors (Lipinski definition) is 3. The topological polar surface area (TPSA) is 42.7 Å². The largest absolute Gasteiger partial charge is 0.315 e. The molecule has 0 bridgehead atoms. The van der Waals surface area contributed by atoms with Crippen LogP contribution in [0.15, 0.2) is 0 Å². The van der Waals surface area contributed by atoms with Gasteiger partial charge in [0.25, 0.3) is 0 Å². The highest BCUT2D eigenvalue weighted by atomic mass is 15.3. The van der Waals surface area contributed by atoms with Crippen molar-refractivity contribution < 1.29 is 0 Å². The molecule has 3 heterocycles. The molecule has 0 radical (unpaired) electrons. The second-order valence-electron chi connectivity index (χ2n) is 5.28. The van der Waals surface area contributed by atoms with Crippen molar-refractivity contribution in [3.8, 4) is 0 Å². The highest BCUT2D eigenvalue weighted by Crippen LogP contribution is 2.21. The van der Waals surface area contributed by atoms with Gasteiger partial charge in [0.1, 0.15) is 11.6 Å². The van der Waals surface area contributed by atoms with Gasteiger partial charge in [-0.05, 0) is 31.7 Å². The Morgan fingerprint density at radius 2 is 2.31 bits per heavy atom. The van der Waals surface area contributed by atoms with Gasteiger partial charge in [-0.25, -0.2) is 0 Å². The zero-order valence-electron chi connectivity index (χ0n) is 9.95. The molecule has 4 heteroatoms. The summed E-state index contributed by atoms with van der Waals surface area (Å²) in [6, 6.07) is 0.630. The molecule has 16 heavy (non-hydrogen) atoms. The van der Waals surface area contributed by atoms with Crippen LogP contribution in [0.5, 0.6) is 0 Å². The first-order chi connectivity index (χ1) is 7.83. The molecule has 1 N–H and O–H groups in total. The molecule has 0 aromatic carbocycles. The Kier molecular flexibility index (Phi) is 2.67. The molecule has 1 fully saturated rings. The summed E-state index contributed by atoms with van der Waals surface area (Å²) in [7, 11) is 0. The second-order valence-corrected chi connectivity index (χ2v) is 5.28. The minimum Gasteiger partial charge on any atom is -0.315 e. The molecule has 1 aromatic heterocycles. The first-order valence-corrected chi connectivity index (χ1v) is 6.47. The molecular weight excluding hydrogens is 200 g/mol. The van der Waals surface area contributed by atoms with Crippen molar-refractivity contribution in [2.24, 2.45) is 5.92 Å². The van der Waals surface area contributed by atoms with Crippen molar-refractivity contribution in [2.45, 2.75) is 51.6 Å². The summed E-state index contributed by atoms with van der Waals surface area (Å²) in [4.78, 5) is 0. The molecule has 0 saturated carbocycles. The highest BCUT2D eigenvalue weighted by molar-refractivity contribution is 5.02. The van der Waals surface area contributed by atoms with Gasteiger partial charge in [-0.1, -0.05) is 6.92 Å². The van der Waals surface area contributed by atoms with Gasteiger partial charge >= 0.3 is 0 Å². The van der Waals surface area contributed by atoms with Crippen molar-refractivity contribution in [3.05, 3.63) is 11.6 Å². The highest BCUT2D eigenvalue weighted by Gasteiger charge is 2.23. The number of aromatic nitrogens is 3. The van der Waals surface area contributed by atoms with Crippen LogP contribution >= 0.6 is 0 Å². The molecule has 2 atom stereocenters. The lowest BCUT2D eigenvalue weighted by Crippen LogP contribution is -2.27. The van der Waals surface area contributed by atoms with Gasteiger partial charge in [0.2, 0.25) is 0 Å². The summed E-state index contributed by atoms with van der Waals surface area (Å²) >= 11 is 0. The Morgan fingerprint density at radius 3 is 3.12 bits per heavy atom. The van der Waals surface area contributed by atoms with Crippen LogP contribution in [0.4, 0.5) is 0 Å². The first kappa shape index (κ1) is 10.3. The molecule has 4 nitrogen and oxygen atoms in total. The van der Waals surface area contributed by atoms with E-state index in [2.05, 4.69) is 27.0 Å². The lowest BCUT2D eigenvalue weighted by molar-refractivity contribution is 0.382. The maximum Gasteiger partial charge on any atom is 0.134 e. The van der Waals surface area contributed by atoms with E-state index in [1.807, 2.05) is 0 Å². The van der Waals surface area contributed by atoms with Crippen LogP contribution in [0.3, 0.4) is 0 Å². The Hall–Kier alpha value is -0.900. The molecule has 0 spiro atoms. The minimum atomic E-state index is 0.630. The predicted molar refractivity (Wildman–Crippen MR) is 62.2 cm³/mol. The molecule has 2 aliphatic rings. The monoisotopic (exact) mass is 220 g/mol. The van der Waals surface area contributed by atoms with Gasteiger partial charge in [0.05, 0.1) is 0 Å². The number of nitrogens with one attached hydrogen (secondary N) is 1. The Balaban J connectivity index is 1.77. The number of hydrogen-bond donors (Lipinski definition) is 1. The van der Waals surface area contributed by atoms with E-state index in [0.717, 1.165) is 25.3 Å². The molecule has 0 aliphatic carbocycles. The van der Waals surface area contributed by atoms with E-state index in [4.69, 9.17) is 0 Å². The number of nitrogens with zero attached hydrogens (tertiary/aromatic N) is 3. The van der Waals surface area contributed by atoms with Gasteiger partial charge in [0, 0.05) is 25.4 Å².